The van der Waals surface area contributed by atoms with Crippen LogP contribution in [0.4, 0.5) is 0 Å². The van der Waals surface area contributed by atoms with E-state index in [2.05, 4.69) is 12.2 Å². The third-order valence-corrected chi connectivity index (χ3v) is 2.66. The molecule has 1 aromatic heterocycles. The maximum atomic E-state index is 9.71. The van der Waals surface area contributed by atoms with Crippen LogP contribution < -0.4 is 5.32 Å². The lowest BCUT2D eigenvalue weighted by molar-refractivity contribution is -0.0997. The van der Waals surface area contributed by atoms with E-state index in [0.29, 0.717) is 12.3 Å². The molecule has 4 nitrogen and oxygen atoms in total. The minimum Gasteiger partial charge on any atom is -0.467 e. The fourth-order valence-electron chi connectivity index (χ4n) is 1.64. The monoisotopic (exact) mass is 211 g/mol. The molecule has 1 aromatic rings. The molecule has 0 saturated carbocycles. The zero-order valence-electron chi connectivity index (χ0n) is 8.90. The molecule has 0 bridgehead atoms. The molecule has 2 rings (SSSR count). The average Bonchev–Trinajstić information content (AvgIpc) is 2.67. The highest BCUT2D eigenvalue weighted by atomic mass is 16.5. The SMILES string of the molecule is CC1(CNCC(O)c2ccco2)COC1. The Balaban J connectivity index is 1.69. The Morgan fingerprint density at radius 3 is 2.93 bits per heavy atom. The van der Waals surface area contributed by atoms with Gasteiger partial charge in [-0.3, -0.25) is 0 Å². The molecule has 84 valence electrons. The third kappa shape index (κ3) is 2.59. The van der Waals surface area contributed by atoms with E-state index in [1.807, 2.05) is 0 Å². The normalized spacial score (nSPS) is 20.9. The topological polar surface area (TPSA) is 54.6 Å². The number of hydrogen-bond donors (Lipinski definition) is 2. The number of hydrogen-bond acceptors (Lipinski definition) is 4. The van der Waals surface area contributed by atoms with Crippen LogP contribution in [0.3, 0.4) is 0 Å². The number of furan rings is 1. The molecule has 0 aromatic carbocycles. The minimum atomic E-state index is -0.565. The van der Waals surface area contributed by atoms with Crippen molar-refractivity contribution in [1.29, 1.82) is 0 Å². The largest absolute Gasteiger partial charge is 0.467 e. The van der Waals surface area contributed by atoms with Crippen molar-refractivity contribution >= 4 is 0 Å². The van der Waals surface area contributed by atoms with Gasteiger partial charge in [-0.1, -0.05) is 6.92 Å². The summed E-state index contributed by atoms with van der Waals surface area (Å²) in [6, 6.07) is 3.56. The Kier molecular flexibility index (Phi) is 3.09. The highest BCUT2D eigenvalue weighted by molar-refractivity contribution is 5.02. The average molecular weight is 211 g/mol. The van der Waals surface area contributed by atoms with Crippen molar-refractivity contribution in [2.24, 2.45) is 5.41 Å². The fraction of sp³-hybridized carbons (Fsp3) is 0.636. The predicted molar refractivity (Wildman–Crippen MR) is 55.5 cm³/mol. The van der Waals surface area contributed by atoms with E-state index in [1.165, 1.54) is 0 Å². The smallest absolute Gasteiger partial charge is 0.133 e. The van der Waals surface area contributed by atoms with Crippen LogP contribution in [-0.2, 0) is 4.74 Å². The lowest BCUT2D eigenvalue weighted by Gasteiger charge is -2.38. The quantitative estimate of drug-likeness (QED) is 0.761. The molecule has 1 aliphatic rings. The summed E-state index contributed by atoms with van der Waals surface area (Å²) in [5.41, 5.74) is 0.239. The number of aliphatic hydroxyl groups excluding tert-OH is 1. The number of aliphatic hydroxyl groups is 1. The first-order valence-electron chi connectivity index (χ1n) is 5.20. The van der Waals surface area contributed by atoms with Gasteiger partial charge in [0, 0.05) is 18.5 Å². The molecule has 2 heterocycles. The van der Waals surface area contributed by atoms with Crippen molar-refractivity contribution in [2.75, 3.05) is 26.3 Å². The lowest BCUT2D eigenvalue weighted by Crippen LogP contribution is -2.47. The zero-order valence-corrected chi connectivity index (χ0v) is 8.90. The maximum absolute atomic E-state index is 9.71. The Morgan fingerprint density at radius 1 is 1.60 bits per heavy atom. The summed E-state index contributed by atoms with van der Waals surface area (Å²) in [6.07, 6.45) is 1.00. The second-order valence-corrected chi connectivity index (χ2v) is 4.47. The maximum Gasteiger partial charge on any atom is 0.133 e. The van der Waals surface area contributed by atoms with Gasteiger partial charge in [-0.05, 0) is 12.1 Å². The van der Waals surface area contributed by atoms with Crippen LogP contribution in [-0.4, -0.2) is 31.4 Å². The van der Waals surface area contributed by atoms with Gasteiger partial charge in [0.15, 0.2) is 0 Å². The summed E-state index contributed by atoms with van der Waals surface area (Å²) in [6.45, 7) is 5.16. The molecule has 1 aliphatic heterocycles. The van der Waals surface area contributed by atoms with Crippen molar-refractivity contribution in [1.82, 2.24) is 5.32 Å². The van der Waals surface area contributed by atoms with Crippen LogP contribution in [0.2, 0.25) is 0 Å². The van der Waals surface area contributed by atoms with E-state index in [-0.39, 0.29) is 5.41 Å². The Hall–Kier alpha value is -0.840. The van der Waals surface area contributed by atoms with Crippen LogP contribution in [0.1, 0.15) is 18.8 Å². The molecule has 0 amide bonds. The van der Waals surface area contributed by atoms with Crippen LogP contribution in [0.15, 0.2) is 22.8 Å². The van der Waals surface area contributed by atoms with Gasteiger partial charge in [-0.15, -0.1) is 0 Å². The van der Waals surface area contributed by atoms with Gasteiger partial charge in [-0.25, -0.2) is 0 Å². The van der Waals surface area contributed by atoms with E-state index >= 15 is 0 Å². The first kappa shape index (κ1) is 10.7. The van der Waals surface area contributed by atoms with E-state index < -0.39 is 6.10 Å². The van der Waals surface area contributed by atoms with Gasteiger partial charge < -0.3 is 19.6 Å². The molecule has 2 N–H and O–H groups in total. The minimum absolute atomic E-state index is 0.239. The molecule has 0 spiro atoms. The summed E-state index contributed by atoms with van der Waals surface area (Å²) in [5.74, 6) is 0.609. The Bertz CT molecular complexity index is 293. The number of rotatable bonds is 5. The van der Waals surface area contributed by atoms with Gasteiger partial charge in [0.2, 0.25) is 0 Å². The van der Waals surface area contributed by atoms with Gasteiger partial charge in [-0.2, -0.15) is 0 Å². The van der Waals surface area contributed by atoms with Crippen molar-refractivity contribution < 1.29 is 14.3 Å². The van der Waals surface area contributed by atoms with Crippen molar-refractivity contribution in [3.8, 4) is 0 Å². The third-order valence-electron chi connectivity index (χ3n) is 2.66. The molecule has 1 unspecified atom stereocenters. The Morgan fingerprint density at radius 2 is 2.40 bits per heavy atom. The van der Waals surface area contributed by atoms with Crippen molar-refractivity contribution in [2.45, 2.75) is 13.0 Å². The van der Waals surface area contributed by atoms with E-state index in [1.54, 1.807) is 18.4 Å². The standard InChI is InChI=1S/C11H17NO3/c1-11(7-14-8-11)6-12-5-9(13)10-3-2-4-15-10/h2-4,9,12-13H,5-8H2,1H3. The van der Waals surface area contributed by atoms with Crippen molar-refractivity contribution in [3.05, 3.63) is 24.2 Å². The van der Waals surface area contributed by atoms with Crippen LogP contribution in [0, 0.1) is 5.41 Å². The van der Waals surface area contributed by atoms with Gasteiger partial charge in [0.1, 0.15) is 11.9 Å². The molecule has 1 saturated heterocycles. The first-order valence-corrected chi connectivity index (χ1v) is 5.20. The predicted octanol–water partition coefficient (Wildman–Crippen LogP) is 0.939. The number of ether oxygens (including phenoxy) is 1. The first-order chi connectivity index (χ1) is 7.20. The second kappa shape index (κ2) is 4.35. The summed E-state index contributed by atoms with van der Waals surface area (Å²) in [7, 11) is 0. The van der Waals surface area contributed by atoms with E-state index in [9.17, 15) is 5.11 Å². The van der Waals surface area contributed by atoms with Crippen LogP contribution in [0.5, 0.6) is 0 Å². The van der Waals surface area contributed by atoms with E-state index in [4.69, 9.17) is 9.15 Å². The lowest BCUT2D eigenvalue weighted by atomic mass is 9.89. The van der Waals surface area contributed by atoms with Crippen molar-refractivity contribution in [3.63, 3.8) is 0 Å². The summed E-state index contributed by atoms with van der Waals surface area (Å²) < 4.78 is 10.3. The summed E-state index contributed by atoms with van der Waals surface area (Å²) in [4.78, 5) is 0. The number of nitrogens with one attached hydrogen (secondary N) is 1. The molecule has 0 radical (unpaired) electrons. The molecular weight excluding hydrogens is 194 g/mol. The van der Waals surface area contributed by atoms with Gasteiger partial charge in [0.25, 0.3) is 0 Å². The molecular formula is C11H17NO3. The molecule has 15 heavy (non-hydrogen) atoms. The molecule has 1 atom stereocenters. The highest BCUT2D eigenvalue weighted by Gasteiger charge is 2.32. The van der Waals surface area contributed by atoms with Gasteiger partial charge >= 0.3 is 0 Å². The Labute approximate surface area is 89.2 Å². The zero-order chi connectivity index (χ0) is 10.7. The molecule has 1 fully saturated rings. The fourth-order valence-corrected chi connectivity index (χ4v) is 1.64. The van der Waals surface area contributed by atoms with Crippen LogP contribution >= 0.6 is 0 Å². The summed E-state index contributed by atoms with van der Waals surface area (Å²) in [5, 5.41) is 12.9. The van der Waals surface area contributed by atoms with Crippen LogP contribution in [0.25, 0.3) is 0 Å². The van der Waals surface area contributed by atoms with Gasteiger partial charge in [0.05, 0.1) is 19.5 Å². The summed E-state index contributed by atoms with van der Waals surface area (Å²) >= 11 is 0. The molecule has 0 aliphatic carbocycles. The second-order valence-electron chi connectivity index (χ2n) is 4.47. The van der Waals surface area contributed by atoms with E-state index in [0.717, 1.165) is 19.8 Å². The highest BCUT2D eigenvalue weighted by Crippen LogP contribution is 2.25. The molecule has 4 heteroatoms.